The second-order valence-corrected chi connectivity index (χ2v) is 5.69. The maximum atomic E-state index is 12.2. The number of hydrogen-bond donors (Lipinski definition) is 2. The van der Waals surface area contributed by atoms with Crippen molar-refractivity contribution in [3.63, 3.8) is 0 Å². The van der Waals surface area contributed by atoms with Gasteiger partial charge in [0.2, 0.25) is 0 Å². The van der Waals surface area contributed by atoms with E-state index in [-0.39, 0.29) is 11.3 Å². The molecule has 1 heterocycles. The predicted molar refractivity (Wildman–Crippen MR) is 82.9 cm³/mol. The van der Waals surface area contributed by atoms with Crippen LogP contribution < -0.4 is 11.1 Å². The summed E-state index contributed by atoms with van der Waals surface area (Å²) < 4.78 is 5.37. The van der Waals surface area contributed by atoms with Gasteiger partial charge in [0.1, 0.15) is 0 Å². The van der Waals surface area contributed by atoms with Crippen molar-refractivity contribution >= 4 is 5.91 Å². The van der Waals surface area contributed by atoms with E-state index in [1.807, 2.05) is 12.1 Å². The van der Waals surface area contributed by atoms with Crippen LogP contribution in [0.25, 0.3) is 0 Å². The number of benzene rings is 1. The van der Waals surface area contributed by atoms with Crippen LogP contribution in [0.2, 0.25) is 0 Å². The summed E-state index contributed by atoms with van der Waals surface area (Å²) in [5.74, 6) is 5.69. The zero-order valence-electron chi connectivity index (χ0n) is 12.4. The molecule has 3 N–H and O–H groups in total. The fraction of sp³-hybridized carbons (Fsp3) is 0.471. The first kappa shape index (κ1) is 15.6. The second kappa shape index (κ2) is 7.26. The molecule has 1 amide bonds. The van der Waals surface area contributed by atoms with E-state index in [0.29, 0.717) is 18.7 Å². The molecule has 0 spiro atoms. The molecule has 112 valence electrons. The molecule has 1 saturated heterocycles. The summed E-state index contributed by atoms with van der Waals surface area (Å²) in [5, 5.41) is 3.02. The standard InChI is InChI=1S/C17H22N2O2/c1-17(8-11-21-12-9-17)13-19-16(20)15-6-4-14(5-7-15)3-2-10-18/h4-7H,8-13,18H2,1H3,(H,19,20). The normalized spacial score (nSPS) is 16.7. The Bertz CT molecular complexity index is 534. The SMILES string of the molecule is CC1(CNC(=O)c2ccc(C#CCN)cc2)CCOCC1. The summed E-state index contributed by atoms with van der Waals surface area (Å²) in [6.45, 7) is 4.78. The lowest BCUT2D eigenvalue weighted by Gasteiger charge is -2.33. The van der Waals surface area contributed by atoms with E-state index in [9.17, 15) is 4.79 Å². The third-order valence-electron chi connectivity index (χ3n) is 3.86. The second-order valence-electron chi connectivity index (χ2n) is 5.69. The van der Waals surface area contributed by atoms with Crippen LogP contribution in [-0.4, -0.2) is 32.2 Å². The summed E-state index contributed by atoms with van der Waals surface area (Å²) in [6, 6.07) is 7.27. The number of carbonyl (C=O) groups excluding carboxylic acids is 1. The van der Waals surface area contributed by atoms with E-state index in [0.717, 1.165) is 31.6 Å². The van der Waals surface area contributed by atoms with Crippen molar-refractivity contribution in [2.24, 2.45) is 11.1 Å². The Balaban J connectivity index is 1.91. The lowest BCUT2D eigenvalue weighted by atomic mass is 9.82. The third-order valence-corrected chi connectivity index (χ3v) is 3.86. The van der Waals surface area contributed by atoms with Gasteiger partial charge < -0.3 is 15.8 Å². The third kappa shape index (κ3) is 4.59. The summed E-state index contributed by atoms with van der Waals surface area (Å²) in [6.07, 6.45) is 1.97. The van der Waals surface area contributed by atoms with Crippen molar-refractivity contribution in [3.8, 4) is 11.8 Å². The van der Waals surface area contributed by atoms with Crippen LogP contribution >= 0.6 is 0 Å². The number of nitrogens with one attached hydrogen (secondary N) is 1. The number of amides is 1. The Labute approximate surface area is 126 Å². The first-order valence-corrected chi connectivity index (χ1v) is 7.28. The number of nitrogens with two attached hydrogens (primary N) is 1. The summed E-state index contributed by atoms with van der Waals surface area (Å²) in [4.78, 5) is 12.2. The van der Waals surface area contributed by atoms with Crippen molar-refractivity contribution in [3.05, 3.63) is 35.4 Å². The molecule has 0 radical (unpaired) electrons. The fourth-order valence-electron chi connectivity index (χ4n) is 2.29. The van der Waals surface area contributed by atoms with Crippen molar-refractivity contribution in [2.75, 3.05) is 26.3 Å². The van der Waals surface area contributed by atoms with Crippen LogP contribution in [-0.2, 0) is 4.74 Å². The molecular formula is C17H22N2O2. The molecule has 0 bridgehead atoms. The minimum atomic E-state index is -0.0407. The lowest BCUT2D eigenvalue weighted by molar-refractivity contribution is 0.0238. The van der Waals surface area contributed by atoms with Crippen LogP contribution in [0.3, 0.4) is 0 Å². The summed E-state index contributed by atoms with van der Waals surface area (Å²) >= 11 is 0. The molecule has 0 aliphatic carbocycles. The molecule has 1 fully saturated rings. The minimum absolute atomic E-state index is 0.0407. The zero-order chi connectivity index (χ0) is 15.1. The Kier molecular flexibility index (Phi) is 5.38. The summed E-state index contributed by atoms with van der Waals surface area (Å²) in [5.41, 5.74) is 7.00. The Hall–Kier alpha value is -1.83. The highest BCUT2D eigenvalue weighted by Gasteiger charge is 2.27. The topological polar surface area (TPSA) is 64.4 Å². The van der Waals surface area contributed by atoms with Gasteiger partial charge in [-0.1, -0.05) is 18.8 Å². The van der Waals surface area contributed by atoms with Crippen LogP contribution in [0.1, 0.15) is 35.7 Å². The van der Waals surface area contributed by atoms with Crippen molar-refractivity contribution in [1.82, 2.24) is 5.32 Å². The van der Waals surface area contributed by atoms with Crippen molar-refractivity contribution in [2.45, 2.75) is 19.8 Å². The van der Waals surface area contributed by atoms with Gasteiger partial charge in [0.05, 0.1) is 6.54 Å². The van der Waals surface area contributed by atoms with Crippen LogP contribution in [0.5, 0.6) is 0 Å². The largest absolute Gasteiger partial charge is 0.381 e. The number of carbonyl (C=O) groups is 1. The quantitative estimate of drug-likeness (QED) is 0.829. The van der Waals surface area contributed by atoms with E-state index >= 15 is 0 Å². The highest BCUT2D eigenvalue weighted by atomic mass is 16.5. The van der Waals surface area contributed by atoms with Gasteiger partial charge >= 0.3 is 0 Å². The molecule has 1 aliphatic heterocycles. The first-order valence-electron chi connectivity index (χ1n) is 7.28. The van der Waals surface area contributed by atoms with E-state index in [4.69, 9.17) is 10.5 Å². The van der Waals surface area contributed by atoms with E-state index < -0.39 is 0 Å². The van der Waals surface area contributed by atoms with Gasteiger partial charge in [-0.3, -0.25) is 4.79 Å². The van der Waals surface area contributed by atoms with Crippen LogP contribution in [0.15, 0.2) is 24.3 Å². The average molecular weight is 286 g/mol. The first-order chi connectivity index (χ1) is 10.1. The van der Waals surface area contributed by atoms with E-state index in [2.05, 4.69) is 24.1 Å². The molecule has 1 aromatic carbocycles. The maximum absolute atomic E-state index is 12.2. The van der Waals surface area contributed by atoms with Crippen LogP contribution in [0, 0.1) is 17.3 Å². The molecule has 21 heavy (non-hydrogen) atoms. The molecule has 0 unspecified atom stereocenters. The highest BCUT2D eigenvalue weighted by molar-refractivity contribution is 5.94. The van der Waals surface area contributed by atoms with Crippen molar-refractivity contribution < 1.29 is 9.53 Å². The van der Waals surface area contributed by atoms with E-state index in [1.165, 1.54) is 0 Å². The zero-order valence-corrected chi connectivity index (χ0v) is 12.4. The number of ether oxygens (including phenoxy) is 1. The number of hydrogen-bond acceptors (Lipinski definition) is 3. The van der Waals surface area contributed by atoms with Gasteiger partial charge in [0, 0.05) is 30.9 Å². The molecule has 1 aromatic rings. The van der Waals surface area contributed by atoms with Gasteiger partial charge in [-0.05, 0) is 42.5 Å². The maximum Gasteiger partial charge on any atom is 0.251 e. The summed E-state index contributed by atoms with van der Waals surface area (Å²) in [7, 11) is 0. The fourth-order valence-corrected chi connectivity index (χ4v) is 2.29. The Morgan fingerprint density at radius 2 is 2.00 bits per heavy atom. The van der Waals surface area contributed by atoms with Gasteiger partial charge in [-0.15, -0.1) is 0 Å². The van der Waals surface area contributed by atoms with E-state index in [1.54, 1.807) is 12.1 Å². The van der Waals surface area contributed by atoms with Gasteiger partial charge in [0.15, 0.2) is 0 Å². The molecule has 4 heteroatoms. The lowest BCUT2D eigenvalue weighted by Crippen LogP contribution is -2.39. The average Bonchev–Trinajstić information content (AvgIpc) is 2.52. The number of rotatable bonds is 3. The molecule has 0 atom stereocenters. The smallest absolute Gasteiger partial charge is 0.251 e. The Morgan fingerprint density at radius 3 is 2.62 bits per heavy atom. The Morgan fingerprint density at radius 1 is 1.33 bits per heavy atom. The molecule has 0 saturated carbocycles. The van der Waals surface area contributed by atoms with Crippen molar-refractivity contribution in [1.29, 1.82) is 0 Å². The minimum Gasteiger partial charge on any atom is -0.381 e. The molecule has 2 rings (SSSR count). The molecule has 0 aromatic heterocycles. The van der Waals surface area contributed by atoms with Crippen LogP contribution in [0.4, 0.5) is 0 Å². The monoisotopic (exact) mass is 286 g/mol. The predicted octanol–water partition coefficient (Wildman–Crippen LogP) is 1.54. The van der Waals surface area contributed by atoms with Gasteiger partial charge in [0.25, 0.3) is 5.91 Å². The molecule has 1 aliphatic rings. The molecular weight excluding hydrogens is 264 g/mol. The van der Waals surface area contributed by atoms with Gasteiger partial charge in [-0.2, -0.15) is 0 Å². The highest BCUT2D eigenvalue weighted by Crippen LogP contribution is 2.28. The van der Waals surface area contributed by atoms with Gasteiger partial charge in [-0.25, -0.2) is 0 Å². The molecule has 4 nitrogen and oxygen atoms in total.